The molecule has 9 heteroatoms. The molecule has 0 spiro atoms. The molecule has 21 heavy (non-hydrogen) atoms. The molecule has 2 N–H and O–H groups in total. The minimum atomic E-state index is -0.410. The Labute approximate surface area is 128 Å². The predicted octanol–water partition coefficient (Wildman–Crippen LogP) is 2.43. The first-order valence-electron chi connectivity index (χ1n) is 5.92. The number of nitrogens with zero attached hydrogens (tertiary/aromatic N) is 4. The first-order valence-corrected chi connectivity index (χ1v) is 7.03. The monoisotopic (exact) mass is 320 g/mol. The summed E-state index contributed by atoms with van der Waals surface area (Å²) in [6.07, 6.45) is 0. The second-order valence-corrected chi connectivity index (χ2v) is 5.00. The molecule has 2 aromatic heterocycles. The molecule has 3 aromatic rings. The number of carbonyl (C=O) groups is 1. The van der Waals surface area contributed by atoms with Gasteiger partial charge in [0.25, 0.3) is 5.91 Å². The lowest BCUT2D eigenvalue weighted by atomic mass is 10.2. The number of halogens is 1. The second-order valence-electron chi connectivity index (χ2n) is 4.06. The molecule has 1 amide bonds. The molecule has 0 bridgehead atoms. The van der Waals surface area contributed by atoms with E-state index in [1.807, 2.05) is 0 Å². The fourth-order valence-corrected chi connectivity index (χ4v) is 2.45. The molecule has 0 aliphatic rings. The van der Waals surface area contributed by atoms with Crippen molar-refractivity contribution in [3.05, 3.63) is 35.0 Å². The fourth-order valence-electron chi connectivity index (χ4n) is 1.71. The Bertz CT molecular complexity index is 803. The molecule has 0 fully saturated rings. The lowest BCUT2D eigenvalue weighted by Crippen LogP contribution is -2.15. The number of rotatable bonds is 3. The van der Waals surface area contributed by atoms with Gasteiger partial charge in [0.15, 0.2) is 5.69 Å². The van der Waals surface area contributed by atoms with E-state index in [9.17, 15) is 4.79 Å². The van der Waals surface area contributed by atoms with Crippen molar-refractivity contribution in [1.82, 2.24) is 18.9 Å². The number of carbonyl (C=O) groups excluding carboxylic acids is 1. The molecule has 2 heterocycles. The van der Waals surface area contributed by atoms with Gasteiger partial charge in [0.05, 0.1) is 22.4 Å². The topological polar surface area (TPSA) is 92.7 Å². The van der Waals surface area contributed by atoms with Gasteiger partial charge in [-0.3, -0.25) is 4.79 Å². The van der Waals surface area contributed by atoms with Gasteiger partial charge >= 0.3 is 0 Å². The highest BCUT2D eigenvalue weighted by molar-refractivity contribution is 7.00. The average molecular weight is 321 g/mol. The Hall–Kier alpha value is -2.32. The van der Waals surface area contributed by atoms with Gasteiger partial charge in [0.1, 0.15) is 16.9 Å². The maximum atomic E-state index is 12.2. The summed E-state index contributed by atoms with van der Waals surface area (Å²) in [4.78, 5) is 12.2. The average Bonchev–Trinajstić information content (AvgIpc) is 2.99. The van der Waals surface area contributed by atoms with Gasteiger partial charge in [0, 0.05) is 7.05 Å². The summed E-state index contributed by atoms with van der Waals surface area (Å²) in [5, 5.41) is 13.6. The summed E-state index contributed by atoms with van der Waals surface area (Å²) >= 11 is 7.17. The molecule has 3 rings (SSSR count). The number of hydrogen-bond donors (Lipinski definition) is 2. The van der Waals surface area contributed by atoms with Crippen molar-refractivity contribution >= 4 is 51.8 Å². The molecule has 0 aliphatic heterocycles. The van der Waals surface area contributed by atoms with Crippen molar-refractivity contribution in [3.63, 3.8) is 0 Å². The lowest BCUT2D eigenvalue weighted by Gasteiger charge is -2.07. The minimum Gasteiger partial charge on any atom is -0.372 e. The highest BCUT2D eigenvalue weighted by atomic mass is 35.5. The Morgan fingerprint density at radius 1 is 1.19 bits per heavy atom. The van der Waals surface area contributed by atoms with Gasteiger partial charge in [0.2, 0.25) is 0 Å². The van der Waals surface area contributed by atoms with E-state index >= 15 is 0 Å². The van der Waals surface area contributed by atoms with Crippen LogP contribution in [0.1, 0.15) is 10.5 Å². The van der Waals surface area contributed by atoms with Crippen molar-refractivity contribution in [3.8, 4) is 0 Å². The number of hydrogen-bond acceptors (Lipinski definition) is 7. The molecule has 106 valence electrons. The third-order valence-electron chi connectivity index (χ3n) is 2.77. The van der Waals surface area contributed by atoms with Gasteiger partial charge in [-0.1, -0.05) is 11.6 Å². The van der Waals surface area contributed by atoms with Gasteiger partial charge in [-0.05, 0) is 24.3 Å². The van der Waals surface area contributed by atoms with Crippen LogP contribution in [0.5, 0.6) is 0 Å². The molecule has 0 saturated carbocycles. The molecule has 0 atom stereocenters. The zero-order chi connectivity index (χ0) is 14.8. The summed E-state index contributed by atoms with van der Waals surface area (Å²) in [7, 11) is 1.72. The number of nitrogens with one attached hydrogen (secondary N) is 2. The summed E-state index contributed by atoms with van der Waals surface area (Å²) in [6.45, 7) is 0. The Morgan fingerprint density at radius 2 is 2.05 bits per heavy atom. The van der Waals surface area contributed by atoms with Crippen LogP contribution in [0.15, 0.2) is 24.3 Å². The van der Waals surface area contributed by atoms with E-state index in [0.717, 1.165) is 11.7 Å². The smallest absolute Gasteiger partial charge is 0.276 e. The van der Waals surface area contributed by atoms with Gasteiger partial charge in [-0.15, -0.1) is 10.2 Å². The largest absolute Gasteiger partial charge is 0.372 e. The molecule has 7 nitrogen and oxygen atoms in total. The number of benzene rings is 1. The molecule has 0 radical (unpaired) electrons. The van der Waals surface area contributed by atoms with Crippen molar-refractivity contribution in [1.29, 1.82) is 0 Å². The standard InChI is InChI=1S/C12H9ClN6OS/c1-14-9-5-4-8(16-17-9)12(20)15-10-6(13)2-3-7-11(10)19-21-18-7/h2-5H,1H3,(H,14,17)(H,15,20). The van der Waals surface area contributed by atoms with E-state index in [4.69, 9.17) is 11.6 Å². The molecular weight excluding hydrogens is 312 g/mol. The number of aromatic nitrogens is 4. The molecule has 1 aromatic carbocycles. The van der Waals surface area contributed by atoms with E-state index in [2.05, 4.69) is 29.6 Å². The number of amides is 1. The van der Waals surface area contributed by atoms with Crippen molar-refractivity contribution in [2.45, 2.75) is 0 Å². The number of anilines is 2. The van der Waals surface area contributed by atoms with E-state index in [0.29, 0.717) is 27.6 Å². The van der Waals surface area contributed by atoms with Crippen LogP contribution in [0.25, 0.3) is 11.0 Å². The van der Waals surface area contributed by atoms with Crippen LogP contribution in [0.3, 0.4) is 0 Å². The van der Waals surface area contributed by atoms with Crippen LogP contribution >= 0.6 is 23.3 Å². The van der Waals surface area contributed by atoms with Crippen LogP contribution in [-0.2, 0) is 0 Å². The first kappa shape index (κ1) is 13.7. The number of fused-ring (bicyclic) bond motifs is 1. The van der Waals surface area contributed by atoms with Crippen LogP contribution in [-0.4, -0.2) is 31.9 Å². The van der Waals surface area contributed by atoms with Crippen LogP contribution < -0.4 is 10.6 Å². The van der Waals surface area contributed by atoms with Gasteiger partial charge < -0.3 is 10.6 Å². The maximum absolute atomic E-state index is 12.2. The predicted molar refractivity (Wildman–Crippen MR) is 82.0 cm³/mol. The van der Waals surface area contributed by atoms with Crippen molar-refractivity contribution in [2.24, 2.45) is 0 Å². The highest BCUT2D eigenvalue weighted by Gasteiger charge is 2.15. The summed E-state index contributed by atoms with van der Waals surface area (Å²) < 4.78 is 8.25. The zero-order valence-electron chi connectivity index (χ0n) is 10.8. The Balaban J connectivity index is 1.92. The lowest BCUT2D eigenvalue weighted by molar-refractivity contribution is 0.102. The van der Waals surface area contributed by atoms with Crippen molar-refractivity contribution in [2.75, 3.05) is 17.7 Å². The van der Waals surface area contributed by atoms with Crippen LogP contribution in [0.2, 0.25) is 5.02 Å². The molecular formula is C12H9ClN6OS. The quantitative estimate of drug-likeness (QED) is 0.770. The minimum absolute atomic E-state index is 0.185. The maximum Gasteiger partial charge on any atom is 0.276 e. The van der Waals surface area contributed by atoms with Gasteiger partial charge in [-0.2, -0.15) is 8.75 Å². The van der Waals surface area contributed by atoms with E-state index in [1.54, 1.807) is 31.3 Å². The molecule has 0 aliphatic carbocycles. The van der Waals surface area contributed by atoms with Gasteiger partial charge in [-0.25, -0.2) is 0 Å². The first-order chi connectivity index (χ1) is 10.2. The van der Waals surface area contributed by atoms with Crippen LogP contribution in [0.4, 0.5) is 11.5 Å². The van der Waals surface area contributed by atoms with Crippen LogP contribution in [0, 0.1) is 0 Å². The SMILES string of the molecule is CNc1ccc(C(=O)Nc2c(Cl)ccc3nsnc23)nn1. The van der Waals surface area contributed by atoms with Crippen molar-refractivity contribution < 1.29 is 4.79 Å². The highest BCUT2D eigenvalue weighted by Crippen LogP contribution is 2.30. The van der Waals surface area contributed by atoms with E-state index in [1.165, 1.54) is 0 Å². The zero-order valence-corrected chi connectivity index (χ0v) is 12.4. The Kier molecular flexibility index (Phi) is 3.63. The molecule has 0 saturated heterocycles. The normalized spacial score (nSPS) is 10.6. The molecule has 0 unspecified atom stereocenters. The second kappa shape index (κ2) is 5.58. The Morgan fingerprint density at radius 3 is 2.76 bits per heavy atom. The van der Waals surface area contributed by atoms with E-state index in [-0.39, 0.29) is 5.69 Å². The third kappa shape index (κ3) is 2.63. The summed E-state index contributed by atoms with van der Waals surface area (Å²) in [6, 6.07) is 6.64. The fraction of sp³-hybridized carbons (Fsp3) is 0.0833. The van der Waals surface area contributed by atoms with E-state index < -0.39 is 5.91 Å². The summed E-state index contributed by atoms with van der Waals surface area (Å²) in [5.74, 6) is 0.169. The third-order valence-corrected chi connectivity index (χ3v) is 3.63. The summed E-state index contributed by atoms with van der Waals surface area (Å²) in [5.41, 5.74) is 1.84.